The second-order valence-electron chi connectivity index (χ2n) is 6.40. The zero-order valence-electron chi connectivity index (χ0n) is 14.9. The molecule has 1 aliphatic carbocycles. The Bertz CT molecular complexity index is 858. The first-order valence-electron chi connectivity index (χ1n) is 8.13. The fourth-order valence-corrected chi connectivity index (χ4v) is 4.01. The number of methoxy groups -OCH3 is 2. The Morgan fingerprint density at radius 2 is 1.84 bits per heavy atom. The molecule has 25 heavy (non-hydrogen) atoms. The Morgan fingerprint density at radius 3 is 2.44 bits per heavy atom. The van der Waals surface area contributed by atoms with Crippen molar-refractivity contribution in [2.45, 2.75) is 30.7 Å². The number of furan rings is 1. The van der Waals surface area contributed by atoms with Crippen molar-refractivity contribution in [1.29, 1.82) is 0 Å². The molecular formula is C18H23NO5S. The molecule has 1 saturated carbocycles. The quantitative estimate of drug-likeness (QED) is 0.753. The summed E-state index contributed by atoms with van der Waals surface area (Å²) in [6.45, 7) is 2.36. The third-order valence-corrected chi connectivity index (χ3v) is 6.40. The summed E-state index contributed by atoms with van der Waals surface area (Å²) in [6, 6.07) is 8.34. The number of sulfonamides is 1. The zero-order valence-corrected chi connectivity index (χ0v) is 15.7. The lowest BCUT2D eigenvalue weighted by Crippen LogP contribution is -2.26. The predicted molar refractivity (Wildman–Crippen MR) is 93.4 cm³/mol. The fraction of sp³-hybridized carbons (Fsp3) is 0.444. The highest BCUT2D eigenvalue weighted by atomic mass is 32.2. The second kappa shape index (κ2) is 6.72. The van der Waals surface area contributed by atoms with Gasteiger partial charge in [-0.15, -0.1) is 0 Å². The van der Waals surface area contributed by atoms with Crippen molar-refractivity contribution in [3.8, 4) is 11.5 Å². The van der Waals surface area contributed by atoms with Crippen molar-refractivity contribution < 1.29 is 22.3 Å². The summed E-state index contributed by atoms with van der Waals surface area (Å²) in [5.74, 6) is 3.56. The van der Waals surface area contributed by atoms with Crippen LogP contribution >= 0.6 is 0 Å². The van der Waals surface area contributed by atoms with Crippen LogP contribution in [0.5, 0.6) is 11.5 Å². The van der Waals surface area contributed by atoms with E-state index in [9.17, 15) is 8.42 Å². The average Bonchev–Trinajstić information content (AvgIpc) is 3.15. The SMILES string of the molecule is COc1ccc(S(=O)(=O)N(C)Cc2ccc(C3CC3C)o2)cc1OC. The van der Waals surface area contributed by atoms with Crippen molar-refractivity contribution in [3.05, 3.63) is 41.9 Å². The van der Waals surface area contributed by atoms with Crippen molar-refractivity contribution in [1.82, 2.24) is 4.31 Å². The normalized spacial score (nSPS) is 19.9. The van der Waals surface area contributed by atoms with Crippen molar-refractivity contribution in [3.63, 3.8) is 0 Å². The number of rotatable bonds is 7. The summed E-state index contributed by atoms with van der Waals surface area (Å²) in [5, 5.41) is 0. The minimum atomic E-state index is -3.66. The van der Waals surface area contributed by atoms with Gasteiger partial charge in [-0.3, -0.25) is 0 Å². The highest BCUT2D eigenvalue weighted by Gasteiger charge is 2.36. The van der Waals surface area contributed by atoms with Gasteiger partial charge in [0.25, 0.3) is 0 Å². The lowest BCUT2D eigenvalue weighted by Gasteiger charge is -2.17. The first kappa shape index (κ1) is 17.8. The topological polar surface area (TPSA) is 69.0 Å². The summed E-state index contributed by atoms with van der Waals surface area (Å²) in [5.41, 5.74) is 0. The van der Waals surface area contributed by atoms with Crippen LogP contribution in [0, 0.1) is 5.92 Å². The Morgan fingerprint density at radius 1 is 1.16 bits per heavy atom. The van der Waals surface area contributed by atoms with Crippen molar-refractivity contribution >= 4 is 10.0 Å². The monoisotopic (exact) mass is 365 g/mol. The molecule has 0 amide bonds. The minimum absolute atomic E-state index is 0.148. The van der Waals surface area contributed by atoms with E-state index >= 15 is 0 Å². The zero-order chi connectivity index (χ0) is 18.2. The first-order valence-corrected chi connectivity index (χ1v) is 9.57. The summed E-state index contributed by atoms with van der Waals surface area (Å²) in [4.78, 5) is 0.148. The molecule has 0 radical (unpaired) electrons. The van der Waals surface area contributed by atoms with Crippen LogP contribution in [0.3, 0.4) is 0 Å². The molecule has 2 unspecified atom stereocenters. The van der Waals surface area contributed by atoms with E-state index in [0.717, 1.165) is 12.2 Å². The highest BCUT2D eigenvalue weighted by molar-refractivity contribution is 7.89. The maximum absolute atomic E-state index is 12.8. The summed E-state index contributed by atoms with van der Waals surface area (Å²) < 4.78 is 43.0. The number of hydrogen-bond donors (Lipinski definition) is 0. The van der Waals surface area contributed by atoms with Gasteiger partial charge < -0.3 is 13.9 Å². The molecule has 136 valence electrons. The van der Waals surface area contributed by atoms with Gasteiger partial charge in [0.15, 0.2) is 11.5 Å². The van der Waals surface area contributed by atoms with Gasteiger partial charge in [0, 0.05) is 19.0 Å². The largest absolute Gasteiger partial charge is 0.493 e. The number of nitrogens with zero attached hydrogens (tertiary/aromatic N) is 1. The van der Waals surface area contributed by atoms with Crippen molar-refractivity contribution in [2.24, 2.45) is 5.92 Å². The van der Waals surface area contributed by atoms with Gasteiger partial charge in [0.1, 0.15) is 11.5 Å². The molecule has 2 aromatic rings. The summed E-state index contributed by atoms with van der Waals surface area (Å²) >= 11 is 0. The third-order valence-electron chi connectivity index (χ3n) is 4.60. The maximum Gasteiger partial charge on any atom is 0.243 e. The van der Waals surface area contributed by atoms with Crippen LogP contribution in [-0.2, 0) is 16.6 Å². The highest BCUT2D eigenvalue weighted by Crippen LogP contribution is 2.47. The van der Waals surface area contributed by atoms with Gasteiger partial charge >= 0.3 is 0 Å². The van der Waals surface area contributed by atoms with E-state index in [1.54, 1.807) is 6.07 Å². The Labute approximate surface area is 148 Å². The second-order valence-corrected chi connectivity index (χ2v) is 8.45. The number of ether oxygens (including phenoxy) is 2. The van der Waals surface area contributed by atoms with E-state index in [1.807, 2.05) is 12.1 Å². The molecule has 1 fully saturated rings. The van der Waals surface area contributed by atoms with Gasteiger partial charge in [0.2, 0.25) is 10.0 Å². The first-order chi connectivity index (χ1) is 11.9. The molecule has 2 atom stereocenters. The van der Waals surface area contributed by atoms with Crippen LogP contribution in [0.25, 0.3) is 0 Å². The molecular weight excluding hydrogens is 342 g/mol. The van der Waals surface area contributed by atoms with E-state index < -0.39 is 10.0 Å². The van der Waals surface area contributed by atoms with Gasteiger partial charge in [-0.25, -0.2) is 8.42 Å². The fourth-order valence-electron chi connectivity index (χ4n) is 2.86. The van der Waals surface area contributed by atoms with Crippen LogP contribution in [-0.4, -0.2) is 34.0 Å². The summed E-state index contributed by atoms with van der Waals surface area (Å²) in [6.07, 6.45) is 1.13. The van der Waals surface area contributed by atoms with Gasteiger partial charge in [0.05, 0.1) is 25.7 Å². The predicted octanol–water partition coefficient (Wildman–Crippen LogP) is 3.24. The molecule has 3 rings (SSSR count). The molecule has 0 saturated heterocycles. The Kier molecular flexibility index (Phi) is 4.79. The van der Waals surface area contributed by atoms with Crippen LogP contribution < -0.4 is 9.47 Å². The third kappa shape index (κ3) is 3.52. The van der Waals surface area contributed by atoms with E-state index in [-0.39, 0.29) is 11.4 Å². The molecule has 0 aliphatic heterocycles. The smallest absolute Gasteiger partial charge is 0.243 e. The van der Waals surface area contributed by atoms with E-state index in [1.165, 1.54) is 37.7 Å². The van der Waals surface area contributed by atoms with Gasteiger partial charge in [-0.2, -0.15) is 4.31 Å². The van der Waals surface area contributed by atoms with Crippen LogP contribution in [0.15, 0.2) is 39.6 Å². The number of benzene rings is 1. The Hall–Kier alpha value is -1.99. The standard InChI is InChI=1S/C18H23NO5S/c1-12-9-15(12)16-7-5-13(24-16)11-19(2)25(20,21)14-6-8-17(22-3)18(10-14)23-4/h5-8,10,12,15H,9,11H2,1-4H3. The summed E-state index contributed by atoms with van der Waals surface area (Å²) in [7, 11) is 0.853. The molecule has 1 aromatic heterocycles. The minimum Gasteiger partial charge on any atom is -0.493 e. The van der Waals surface area contributed by atoms with E-state index in [0.29, 0.717) is 29.1 Å². The van der Waals surface area contributed by atoms with Crippen LogP contribution in [0.2, 0.25) is 0 Å². The lowest BCUT2D eigenvalue weighted by molar-refractivity contribution is 0.353. The van der Waals surface area contributed by atoms with Crippen molar-refractivity contribution in [2.75, 3.05) is 21.3 Å². The van der Waals surface area contributed by atoms with E-state index in [4.69, 9.17) is 13.9 Å². The molecule has 1 aromatic carbocycles. The lowest BCUT2D eigenvalue weighted by atomic mass is 10.3. The van der Waals surface area contributed by atoms with E-state index in [2.05, 4.69) is 6.92 Å². The average molecular weight is 365 g/mol. The molecule has 0 N–H and O–H groups in total. The molecule has 1 aliphatic rings. The Balaban J connectivity index is 1.78. The maximum atomic E-state index is 12.8. The molecule has 0 bridgehead atoms. The van der Waals surface area contributed by atoms with Gasteiger partial charge in [-0.05, 0) is 36.6 Å². The molecule has 1 heterocycles. The van der Waals surface area contributed by atoms with Gasteiger partial charge in [-0.1, -0.05) is 6.92 Å². The molecule has 6 nitrogen and oxygen atoms in total. The van der Waals surface area contributed by atoms with Crippen LogP contribution in [0.4, 0.5) is 0 Å². The molecule has 0 spiro atoms. The van der Waals surface area contributed by atoms with Crippen LogP contribution in [0.1, 0.15) is 30.8 Å². The molecule has 7 heteroatoms. The number of hydrogen-bond acceptors (Lipinski definition) is 5.